The molecular weight excluding hydrogens is 260 g/mol. The van der Waals surface area contributed by atoms with Crippen LogP contribution in [0, 0.1) is 5.92 Å². The van der Waals surface area contributed by atoms with E-state index in [9.17, 15) is 9.59 Å². The van der Waals surface area contributed by atoms with Gasteiger partial charge in [-0.05, 0) is 38.0 Å². The van der Waals surface area contributed by atoms with Crippen molar-refractivity contribution in [2.24, 2.45) is 5.92 Å². The summed E-state index contributed by atoms with van der Waals surface area (Å²) in [6.07, 6.45) is 4.49. The fourth-order valence-corrected chi connectivity index (χ4v) is 2.96. The molecule has 114 valence electrons. The highest BCUT2D eigenvalue weighted by molar-refractivity contribution is 5.77. The van der Waals surface area contributed by atoms with Crippen LogP contribution in [0.5, 0.6) is 0 Å². The van der Waals surface area contributed by atoms with Crippen LogP contribution >= 0.6 is 0 Å². The predicted molar refractivity (Wildman–Crippen MR) is 73.5 cm³/mol. The van der Waals surface area contributed by atoms with Crippen molar-refractivity contribution in [3.63, 3.8) is 0 Å². The Hall–Kier alpha value is -1.30. The lowest BCUT2D eigenvalue weighted by Crippen LogP contribution is -2.57. The van der Waals surface area contributed by atoms with Crippen molar-refractivity contribution in [1.82, 2.24) is 10.2 Å². The molecular formula is C14H24N2O4. The zero-order valence-electron chi connectivity index (χ0n) is 12.1. The van der Waals surface area contributed by atoms with E-state index in [4.69, 9.17) is 9.84 Å². The fraction of sp³-hybridized carbons (Fsp3) is 0.857. The maximum atomic E-state index is 12.2. The molecule has 0 aromatic carbocycles. The van der Waals surface area contributed by atoms with Crippen LogP contribution in [0.1, 0.15) is 38.5 Å². The van der Waals surface area contributed by atoms with Gasteiger partial charge in [-0.2, -0.15) is 0 Å². The Bertz CT molecular complexity index is 362. The summed E-state index contributed by atoms with van der Waals surface area (Å²) in [5, 5.41) is 11.9. The zero-order chi connectivity index (χ0) is 14.6. The normalized spacial score (nSPS) is 21.9. The van der Waals surface area contributed by atoms with Crippen LogP contribution in [0.3, 0.4) is 0 Å². The molecule has 0 bridgehead atoms. The second-order valence-corrected chi connectivity index (χ2v) is 6.07. The van der Waals surface area contributed by atoms with Crippen LogP contribution < -0.4 is 5.32 Å². The first-order valence-corrected chi connectivity index (χ1v) is 7.34. The van der Waals surface area contributed by atoms with E-state index in [1.807, 2.05) is 0 Å². The topological polar surface area (TPSA) is 78.9 Å². The quantitative estimate of drug-likeness (QED) is 0.801. The number of hydrogen-bond acceptors (Lipinski definition) is 3. The second kappa shape index (κ2) is 6.43. The number of nitrogens with one attached hydrogen (secondary N) is 1. The van der Waals surface area contributed by atoms with Crippen molar-refractivity contribution in [1.29, 1.82) is 0 Å². The average Bonchev–Trinajstić information content (AvgIpc) is 2.36. The number of carbonyl (C=O) groups is 2. The van der Waals surface area contributed by atoms with Gasteiger partial charge in [0, 0.05) is 26.8 Å². The third-order valence-corrected chi connectivity index (χ3v) is 4.39. The molecule has 2 amide bonds. The Balaban J connectivity index is 1.81. The molecule has 20 heavy (non-hydrogen) atoms. The van der Waals surface area contributed by atoms with Gasteiger partial charge < -0.3 is 20.1 Å². The Morgan fingerprint density at radius 1 is 1.35 bits per heavy atom. The van der Waals surface area contributed by atoms with Gasteiger partial charge in [0.05, 0.1) is 12.0 Å². The highest BCUT2D eigenvalue weighted by Crippen LogP contribution is 2.35. The van der Waals surface area contributed by atoms with Crippen molar-refractivity contribution in [2.45, 2.75) is 44.1 Å². The molecule has 0 spiro atoms. The Labute approximate surface area is 119 Å². The SMILES string of the molecule is CN(CC1CCOCC1)C(=O)NC1(CC(=O)O)CCC1. The number of nitrogens with zero attached hydrogens (tertiary/aromatic N) is 1. The summed E-state index contributed by atoms with van der Waals surface area (Å²) in [6.45, 7) is 2.24. The third kappa shape index (κ3) is 3.85. The lowest BCUT2D eigenvalue weighted by Gasteiger charge is -2.42. The van der Waals surface area contributed by atoms with E-state index in [0.717, 1.165) is 45.3 Å². The van der Waals surface area contributed by atoms with Crippen LogP contribution in [0.25, 0.3) is 0 Å². The lowest BCUT2D eigenvalue weighted by atomic mass is 9.74. The summed E-state index contributed by atoms with van der Waals surface area (Å²) >= 11 is 0. The van der Waals surface area contributed by atoms with Gasteiger partial charge in [0.2, 0.25) is 0 Å². The smallest absolute Gasteiger partial charge is 0.317 e. The maximum absolute atomic E-state index is 12.2. The largest absolute Gasteiger partial charge is 0.481 e. The van der Waals surface area contributed by atoms with E-state index < -0.39 is 11.5 Å². The first kappa shape index (κ1) is 15.1. The summed E-state index contributed by atoms with van der Waals surface area (Å²) in [4.78, 5) is 24.8. The zero-order valence-corrected chi connectivity index (χ0v) is 12.1. The number of carboxylic acid groups (broad SMARTS) is 1. The number of amides is 2. The van der Waals surface area contributed by atoms with Crippen molar-refractivity contribution < 1.29 is 19.4 Å². The Morgan fingerprint density at radius 2 is 2.00 bits per heavy atom. The Morgan fingerprint density at radius 3 is 2.50 bits per heavy atom. The maximum Gasteiger partial charge on any atom is 0.317 e. The minimum Gasteiger partial charge on any atom is -0.481 e. The van der Waals surface area contributed by atoms with E-state index in [0.29, 0.717) is 12.5 Å². The number of carboxylic acids is 1. The second-order valence-electron chi connectivity index (χ2n) is 6.07. The minimum atomic E-state index is -0.850. The van der Waals surface area contributed by atoms with Crippen LogP contribution in [0.2, 0.25) is 0 Å². The predicted octanol–water partition coefficient (Wildman–Crippen LogP) is 1.45. The average molecular weight is 284 g/mol. The van der Waals surface area contributed by atoms with Crippen LogP contribution in [0.4, 0.5) is 4.79 Å². The number of urea groups is 1. The molecule has 2 fully saturated rings. The van der Waals surface area contributed by atoms with Gasteiger partial charge in [0.15, 0.2) is 0 Å². The number of ether oxygens (including phenoxy) is 1. The first-order valence-electron chi connectivity index (χ1n) is 7.34. The number of hydrogen-bond donors (Lipinski definition) is 2. The molecule has 0 radical (unpaired) electrons. The van der Waals surface area contributed by atoms with Crippen molar-refractivity contribution >= 4 is 12.0 Å². The highest BCUT2D eigenvalue weighted by atomic mass is 16.5. The van der Waals surface area contributed by atoms with E-state index in [1.54, 1.807) is 11.9 Å². The van der Waals surface area contributed by atoms with Gasteiger partial charge in [-0.3, -0.25) is 4.79 Å². The molecule has 0 unspecified atom stereocenters. The fourth-order valence-electron chi connectivity index (χ4n) is 2.96. The molecule has 6 heteroatoms. The third-order valence-electron chi connectivity index (χ3n) is 4.39. The van der Waals surface area contributed by atoms with E-state index >= 15 is 0 Å². The molecule has 2 N–H and O–H groups in total. The summed E-state index contributed by atoms with van der Waals surface area (Å²) in [7, 11) is 1.78. The number of carbonyl (C=O) groups excluding carboxylic acids is 1. The summed E-state index contributed by atoms with van der Waals surface area (Å²) in [6, 6.07) is -0.155. The lowest BCUT2D eigenvalue weighted by molar-refractivity contribution is -0.139. The molecule has 0 atom stereocenters. The molecule has 1 saturated carbocycles. The van der Waals surface area contributed by atoms with E-state index in [-0.39, 0.29) is 12.5 Å². The van der Waals surface area contributed by atoms with Crippen molar-refractivity contribution in [3.8, 4) is 0 Å². The molecule has 6 nitrogen and oxygen atoms in total. The van der Waals surface area contributed by atoms with Crippen molar-refractivity contribution in [3.05, 3.63) is 0 Å². The summed E-state index contributed by atoms with van der Waals surface area (Å²) in [5.41, 5.74) is -0.521. The molecule has 1 aliphatic carbocycles. The van der Waals surface area contributed by atoms with Gasteiger partial charge in [0.25, 0.3) is 0 Å². The van der Waals surface area contributed by atoms with Gasteiger partial charge >= 0.3 is 12.0 Å². The minimum absolute atomic E-state index is 0.0177. The standard InChI is InChI=1S/C14H24N2O4/c1-16(10-11-3-7-20-8-4-11)13(19)15-14(5-2-6-14)9-12(17)18/h11H,2-10H2,1H3,(H,15,19)(H,17,18). The van der Waals surface area contributed by atoms with Gasteiger partial charge in [-0.1, -0.05) is 0 Å². The molecule has 1 aliphatic heterocycles. The molecule has 1 saturated heterocycles. The molecule has 0 aromatic rings. The van der Waals surface area contributed by atoms with Crippen LogP contribution in [-0.4, -0.2) is 54.4 Å². The van der Waals surface area contributed by atoms with Gasteiger partial charge in [-0.15, -0.1) is 0 Å². The Kier molecular flexibility index (Phi) is 4.86. The highest BCUT2D eigenvalue weighted by Gasteiger charge is 2.41. The molecule has 0 aromatic heterocycles. The van der Waals surface area contributed by atoms with Gasteiger partial charge in [-0.25, -0.2) is 4.79 Å². The van der Waals surface area contributed by atoms with E-state index in [1.165, 1.54) is 0 Å². The molecule has 1 heterocycles. The summed E-state index contributed by atoms with van der Waals surface area (Å²) in [5.74, 6) is -0.367. The number of rotatable bonds is 5. The van der Waals surface area contributed by atoms with Gasteiger partial charge in [0.1, 0.15) is 0 Å². The van der Waals surface area contributed by atoms with E-state index in [2.05, 4.69) is 5.32 Å². The van der Waals surface area contributed by atoms with Crippen LogP contribution in [-0.2, 0) is 9.53 Å². The summed E-state index contributed by atoms with van der Waals surface area (Å²) < 4.78 is 5.31. The molecule has 2 rings (SSSR count). The monoisotopic (exact) mass is 284 g/mol. The number of aliphatic carboxylic acids is 1. The molecule has 2 aliphatic rings. The first-order chi connectivity index (χ1) is 9.51. The van der Waals surface area contributed by atoms with Crippen molar-refractivity contribution in [2.75, 3.05) is 26.8 Å². The van der Waals surface area contributed by atoms with Crippen LogP contribution in [0.15, 0.2) is 0 Å².